The minimum Gasteiger partial charge on any atom is -0.389 e. The molecule has 19 heavy (non-hydrogen) atoms. The van der Waals surface area contributed by atoms with Crippen molar-refractivity contribution in [3.05, 3.63) is 29.3 Å². The summed E-state index contributed by atoms with van der Waals surface area (Å²) in [5.74, 6) is 0.0721. The summed E-state index contributed by atoms with van der Waals surface area (Å²) in [6.07, 6.45) is 1.41. The topological polar surface area (TPSA) is 52.6 Å². The van der Waals surface area contributed by atoms with E-state index in [2.05, 4.69) is 17.4 Å². The first-order valence-electron chi connectivity index (χ1n) is 6.70. The van der Waals surface area contributed by atoms with Crippen LogP contribution in [-0.2, 0) is 17.6 Å². The number of carbonyl (C=O) groups is 1. The van der Waals surface area contributed by atoms with Crippen LogP contribution < -0.4 is 10.2 Å². The van der Waals surface area contributed by atoms with E-state index < -0.39 is 5.60 Å². The van der Waals surface area contributed by atoms with Crippen LogP contribution in [0.2, 0.25) is 0 Å². The molecule has 0 aromatic heterocycles. The molecule has 0 unspecified atom stereocenters. The molecule has 104 valence electrons. The molecule has 0 spiro atoms. The van der Waals surface area contributed by atoms with Crippen molar-refractivity contribution in [1.29, 1.82) is 0 Å². The number of rotatable bonds is 5. The van der Waals surface area contributed by atoms with Gasteiger partial charge in [-0.15, -0.1) is 0 Å². The summed E-state index contributed by atoms with van der Waals surface area (Å²) >= 11 is 0. The van der Waals surface area contributed by atoms with Crippen molar-refractivity contribution in [2.24, 2.45) is 0 Å². The van der Waals surface area contributed by atoms with E-state index in [0.29, 0.717) is 13.0 Å². The number of nitrogens with zero attached hydrogens (tertiary/aromatic N) is 1. The Morgan fingerprint density at radius 3 is 2.79 bits per heavy atom. The van der Waals surface area contributed by atoms with E-state index in [1.54, 1.807) is 18.7 Å². The fourth-order valence-electron chi connectivity index (χ4n) is 2.42. The van der Waals surface area contributed by atoms with Gasteiger partial charge in [-0.25, -0.2) is 0 Å². The monoisotopic (exact) mass is 262 g/mol. The van der Waals surface area contributed by atoms with Crippen molar-refractivity contribution in [2.45, 2.75) is 32.3 Å². The van der Waals surface area contributed by atoms with E-state index in [1.165, 1.54) is 5.56 Å². The van der Waals surface area contributed by atoms with E-state index >= 15 is 0 Å². The fraction of sp³-hybridized carbons (Fsp3) is 0.533. The second kappa shape index (κ2) is 5.31. The maximum absolute atomic E-state index is 12.0. The Labute approximate surface area is 114 Å². The lowest BCUT2D eigenvalue weighted by Gasteiger charge is -2.26. The molecule has 0 aliphatic carbocycles. The number of nitrogens with one attached hydrogen (secondary N) is 1. The van der Waals surface area contributed by atoms with Gasteiger partial charge < -0.3 is 15.3 Å². The summed E-state index contributed by atoms with van der Waals surface area (Å²) in [5, 5.41) is 13.0. The van der Waals surface area contributed by atoms with Gasteiger partial charge in [-0.1, -0.05) is 12.1 Å². The zero-order valence-corrected chi connectivity index (χ0v) is 11.9. The third-order valence-corrected chi connectivity index (χ3v) is 3.29. The Kier molecular flexibility index (Phi) is 3.92. The van der Waals surface area contributed by atoms with Gasteiger partial charge in [0, 0.05) is 5.69 Å². The molecule has 0 radical (unpaired) electrons. The predicted molar refractivity (Wildman–Crippen MR) is 76.4 cm³/mol. The molecule has 1 aromatic rings. The van der Waals surface area contributed by atoms with Crippen molar-refractivity contribution >= 4 is 11.6 Å². The molecule has 0 atom stereocenters. The first-order chi connectivity index (χ1) is 8.90. The summed E-state index contributed by atoms with van der Waals surface area (Å²) in [4.78, 5) is 13.7. The van der Waals surface area contributed by atoms with Crippen molar-refractivity contribution in [3.8, 4) is 0 Å². The lowest BCUT2D eigenvalue weighted by Crippen LogP contribution is -2.40. The summed E-state index contributed by atoms with van der Waals surface area (Å²) in [6.45, 7) is 4.72. The van der Waals surface area contributed by atoms with Crippen molar-refractivity contribution in [1.82, 2.24) is 5.32 Å². The summed E-state index contributed by atoms with van der Waals surface area (Å²) in [6, 6.07) is 6.16. The standard InChI is InChI=1S/C15H22N2O2/c1-15(2,19)10-17-13-5-4-11(6-7-16-3)8-12(13)9-14(17)18/h4-5,8,16,19H,6-7,9-10H2,1-3H3. The third-order valence-electron chi connectivity index (χ3n) is 3.29. The van der Waals surface area contributed by atoms with Gasteiger partial charge in [0.25, 0.3) is 0 Å². The zero-order valence-electron chi connectivity index (χ0n) is 11.9. The summed E-state index contributed by atoms with van der Waals surface area (Å²) in [5.41, 5.74) is 2.39. The highest BCUT2D eigenvalue weighted by molar-refractivity contribution is 6.01. The molecular weight excluding hydrogens is 240 g/mol. The molecule has 1 amide bonds. The molecule has 0 saturated heterocycles. The Morgan fingerprint density at radius 2 is 2.16 bits per heavy atom. The number of carbonyl (C=O) groups excluding carboxylic acids is 1. The molecule has 0 fully saturated rings. The maximum Gasteiger partial charge on any atom is 0.231 e. The quantitative estimate of drug-likeness (QED) is 0.836. The SMILES string of the molecule is CNCCc1ccc2c(c1)CC(=O)N2CC(C)(C)O. The van der Waals surface area contributed by atoms with Crippen LogP contribution >= 0.6 is 0 Å². The van der Waals surface area contributed by atoms with E-state index in [0.717, 1.165) is 24.2 Å². The number of hydrogen-bond acceptors (Lipinski definition) is 3. The molecule has 0 saturated carbocycles. The zero-order chi connectivity index (χ0) is 14.0. The van der Waals surface area contributed by atoms with Gasteiger partial charge in [-0.05, 0) is 51.1 Å². The van der Waals surface area contributed by atoms with Crippen molar-refractivity contribution in [2.75, 3.05) is 25.0 Å². The maximum atomic E-state index is 12.0. The lowest BCUT2D eigenvalue weighted by atomic mass is 10.1. The van der Waals surface area contributed by atoms with Gasteiger partial charge in [-0.3, -0.25) is 4.79 Å². The number of likely N-dealkylation sites (N-methyl/N-ethyl adjacent to an activating group) is 1. The number of β-amino-alcohol motifs (C(OH)–C–C–N with tert-alkyl or cyclic N) is 1. The van der Waals surface area contributed by atoms with Crippen LogP contribution in [0.1, 0.15) is 25.0 Å². The van der Waals surface area contributed by atoms with E-state index in [1.807, 2.05) is 13.1 Å². The summed E-state index contributed by atoms with van der Waals surface area (Å²) in [7, 11) is 1.93. The molecule has 1 aliphatic heterocycles. The number of amides is 1. The first-order valence-corrected chi connectivity index (χ1v) is 6.70. The molecular formula is C15H22N2O2. The average molecular weight is 262 g/mol. The van der Waals surface area contributed by atoms with Gasteiger partial charge in [-0.2, -0.15) is 0 Å². The van der Waals surface area contributed by atoms with Gasteiger partial charge >= 0.3 is 0 Å². The molecule has 1 aromatic carbocycles. The number of hydrogen-bond donors (Lipinski definition) is 2. The highest BCUT2D eigenvalue weighted by Crippen LogP contribution is 2.31. The average Bonchev–Trinajstić information content (AvgIpc) is 2.61. The van der Waals surface area contributed by atoms with Crippen LogP contribution in [0.25, 0.3) is 0 Å². The van der Waals surface area contributed by atoms with Gasteiger partial charge in [0.05, 0.1) is 18.6 Å². The van der Waals surface area contributed by atoms with Crippen LogP contribution in [0, 0.1) is 0 Å². The number of anilines is 1. The van der Waals surface area contributed by atoms with E-state index in [-0.39, 0.29) is 5.91 Å². The minimum atomic E-state index is -0.873. The largest absolute Gasteiger partial charge is 0.389 e. The first kappa shape index (κ1) is 14.0. The van der Waals surface area contributed by atoms with Gasteiger partial charge in [0.2, 0.25) is 5.91 Å². The Morgan fingerprint density at radius 1 is 1.42 bits per heavy atom. The molecule has 4 heteroatoms. The normalized spacial score (nSPS) is 14.9. The van der Waals surface area contributed by atoms with Crippen molar-refractivity contribution < 1.29 is 9.90 Å². The van der Waals surface area contributed by atoms with Gasteiger partial charge in [0.1, 0.15) is 0 Å². The molecule has 1 heterocycles. The van der Waals surface area contributed by atoms with Gasteiger partial charge in [0.15, 0.2) is 0 Å². The van der Waals surface area contributed by atoms with Crippen LogP contribution in [0.4, 0.5) is 5.69 Å². The Balaban J connectivity index is 2.20. The number of benzene rings is 1. The minimum absolute atomic E-state index is 0.0721. The molecule has 2 N–H and O–H groups in total. The van der Waals surface area contributed by atoms with Crippen LogP contribution in [-0.4, -0.2) is 36.8 Å². The van der Waals surface area contributed by atoms with Crippen LogP contribution in [0.15, 0.2) is 18.2 Å². The smallest absolute Gasteiger partial charge is 0.231 e. The highest BCUT2D eigenvalue weighted by atomic mass is 16.3. The fourth-order valence-corrected chi connectivity index (χ4v) is 2.42. The number of aliphatic hydroxyl groups is 1. The van der Waals surface area contributed by atoms with Crippen molar-refractivity contribution in [3.63, 3.8) is 0 Å². The summed E-state index contributed by atoms with van der Waals surface area (Å²) < 4.78 is 0. The molecule has 1 aliphatic rings. The van der Waals surface area contributed by atoms with Crippen LogP contribution in [0.3, 0.4) is 0 Å². The Bertz CT molecular complexity index is 478. The second-order valence-corrected chi connectivity index (χ2v) is 5.79. The molecule has 4 nitrogen and oxygen atoms in total. The van der Waals surface area contributed by atoms with E-state index in [9.17, 15) is 9.90 Å². The molecule has 0 bridgehead atoms. The third kappa shape index (κ3) is 3.33. The lowest BCUT2D eigenvalue weighted by molar-refractivity contribution is -0.118. The Hall–Kier alpha value is -1.39. The second-order valence-electron chi connectivity index (χ2n) is 5.79. The highest BCUT2D eigenvalue weighted by Gasteiger charge is 2.31. The number of fused-ring (bicyclic) bond motifs is 1. The van der Waals surface area contributed by atoms with Crippen LogP contribution in [0.5, 0.6) is 0 Å². The predicted octanol–water partition coefficient (Wildman–Crippen LogP) is 1.11. The molecule has 2 rings (SSSR count). The van der Waals surface area contributed by atoms with E-state index in [4.69, 9.17) is 0 Å².